The molecule has 2 heterocycles. The van der Waals surface area contributed by atoms with E-state index in [2.05, 4.69) is 72.2 Å². The molecule has 1 amide bonds. The second-order valence-corrected chi connectivity index (χ2v) is 7.83. The third-order valence-electron chi connectivity index (χ3n) is 5.91. The lowest BCUT2D eigenvalue weighted by Gasteiger charge is -2.36. The maximum absolute atomic E-state index is 12.8. The van der Waals surface area contributed by atoms with Gasteiger partial charge in [-0.2, -0.15) is 0 Å². The van der Waals surface area contributed by atoms with Gasteiger partial charge in [0.2, 0.25) is 5.91 Å². The summed E-state index contributed by atoms with van der Waals surface area (Å²) in [5.74, 6) is 0.287. The van der Waals surface area contributed by atoms with E-state index in [0.29, 0.717) is 12.5 Å². The Morgan fingerprint density at radius 2 is 1.81 bits per heavy atom. The highest BCUT2D eigenvalue weighted by molar-refractivity contribution is 5.77. The van der Waals surface area contributed by atoms with Crippen molar-refractivity contribution in [3.63, 3.8) is 0 Å². The first-order valence-corrected chi connectivity index (χ1v) is 10.1. The van der Waals surface area contributed by atoms with E-state index in [1.54, 1.807) is 0 Å². The summed E-state index contributed by atoms with van der Waals surface area (Å²) >= 11 is 0. The summed E-state index contributed by atoms with van der Waals surface area (Å²) in [6.45, 7) is 8.66. The van der Waals surface area contributed by atoms with Gasteiger partial charge in [-0.25, -0.2) is 0 Å². The van der Waals surface area contributed by atoms with Gasteiger partial charge in [-0.05, 0) is 49.6 Å². The van der Waals surface area contributed by atoms with E-state index in [4.69, 9.17) is 0 Å². The molecule has 1 saturated heterocycles. The van der Waals surface area contributed by atoms with E-state index in [9.17, 15) is 4.79 Å². The zero-order chi connectivity index (χ0) is 18.8. The summed E-state index contributed by atoms with van der Waals surface area (Å²) in [6.07, 6.45) is 1.68. The summed E-state index contributed by atoms with van der Waals surface area (Å²) in [5.41, 5.74) is 5.27. The number of anilines is 2. The van der Waals surface area contributed by atoms with Crippen molar-refractivity contribution >= 4 is 17.3 Å². The Hall–Kier alpha value is -2.49. The number of rotatable bonds is 4. The van der Waals surface area contributed by atoms with Crippen molar-refractivity contribution in [1.29, 1.82) is 0 Å². The van der Waals surface area contributed by atoms with Crippen molar-refractivity contribution in [2.24, 2.45) is 0 Å². The van der Waals surface area contributed by atoms with E-state index in [0.717, 1.165) is 39.1 Å². The zero-order valence-corrected chi connectivity index (χ0v) is 16.4. The molecule has 142 valence electrons. The van der Waals surface area contributed by atoms with Crippen LogP contribution in [0.2, 0.25) is 0 Å². The number of carbonyl (C=O) groups excluding carboxylic acids is 1. The Balaban J connectivity index is 1.30. The maximum Gasteiger partial charge on any atom is 0.224 e. The Labute approximate surface area is 162 Å². The van der Waals surface area contributed by atoms with Crippen molar-refractivity contribution < 1.29 is 4.79 Å². The molecule has 27 heavy (non-hydrogen) atoms. The number of benzene rings is 2. The van der Waals surface area contributed by atoms with Gasteiger partial charge < -0.3 is 14.7 Å². The average Bonchev–Trinajstić information content (AvgIpc) is 3.01. The largest absolute Gasteiger partial charge is 0.368 e. The fraction of sp³-hybridized carbons (Fsp3) is 0.435. The normalized spacial score (nSPS) is 19.3. The Kier molecular flexibility index (Phi) is 5.06. The van der Waals surface area contributed by atoms with Gasteiger partial charge in [-0.1, -0.05) is 30.3 Å². The number of hydrogen-bond donors (Lipinski definition) is 0. The minimum atomic E-state index is 0.287. The highest BCUT2D eigenvalue weighted by atomic mass is 16.2. The lowest BCUT2D eigenvalue weighted by atomic mass is 10.1. The van der Waals surface area contributed by atoms with Crippen LogP contribution in [-0.2, 0) is 11.2 Å². The molecule has 1 unspecified atom stereocenters. The van der Waals surface area contributed by atoms with Crippen LogP contribution in [0.15, 0.2) is 48.5 Å². The molecule has 4 rings (SSSR count). The minimum Gasteiger partial charge on any atom is -0.368 e. The van der Waals surface area contributed by atoms with Crippen LogP contribution in [-0.4, -0.2) is 49.6 Å². The molecular weight excluding hydrogens is 334 g/mol. The van der Waals surface area contributed by atoms with Gasteiger partial charge in [0, 0.05) is 56.6 Å². The topological polar surface area (TPSA) is 26.8 Å². The summed E-state index contributed by atoms with van der Waals surface area (Å²) in [5, 5.41) is 0. The van der Waals surface area contributed by atoms with Gasteiger partial charge >= 0.3 is 0 Å². The molecule has 4 heteroatoms. The Morgan fingerprint density at radius 3 is 2.59 bits per heavy atom. The molecule has 0 bridgehead atoms. The van der Waals surface area contributed by atoms with Crippen LogP contribution in [0.1, 0.15) is 24.5 Å². The van der Waals surface area contributed by atoms with Crippen LogP contribution in [0.5, 0.6) is 0 Å². The van der Waals surface area contributed by atoms with Crippen molar-refractivity contribution in [3.05, 3.63) is 59.7 Å². The van der Waals surface area contributed by atoms with E-state index in [1.807, 2.05) is 4.90 Å². The number of aryl methyl sites for hydroxylation is 1. The van der Waals surface area contributed by atoms with Crippen LogP contribution < -0.4 is 9.80 Å². The van der Waals surface area contributed by atoms with Gasteiger partial charge in [0.15, 0.2) is 0 Å². The van der Waals surface area contributed by atoms with E-state index < -0.39 is 0 Å². The zero-order valence-electron chi connectivity index (χ0n) is 16.4. The molecule has 0 spiro atoms. The SMILES string of the molecule is Cc1cccc(N2CCN(C(=O)CCN3c4ccccc4CC3C)CC2)c1. The second kappa shape index (κ2) is 7.63. The molecule has 2 aliphatic heterocycles. The molecule has 0 saturated carbocycles. The first kappa shape index (κ1) is 17.9. The molecule has 2 aromatic rings. The third-order valence-corrected chi connectivity index (χ3v) is 5.91. The number of fused-ring (bicyclic) bond motifs is 1. The number of piperazine rings is 1. The van der Waals surface area contributed by atoms with Gasteiger partial charge in [0.05, 0.1) is 0 Å². The van der Waals surface area contributed by atoms with Crippen molar-refractivity contribution in [2.75, 3.05) is 42.5 Å². The van der Waals surface area contributed by atoms with E-state index in [1.165, 1.54) is 22.5 Å². The van der Waals surface area contributed by atoms with Crippen molar-refractivity contribution in [2.45, 2.75) is 32.7 Å². The predicted octanol–water partition coefficient (Wildman–Crippen LogP) is 3.48. The summed E-state index contributed by atoms with van der Waals surface area (Å²) in [4.78, 5) is 19.6. The standard InChI is InChI=1S/C23H29N3O/c1-18-6-5-8-21(16-18)24-12-14-25(15-13-24)23(27)10-11-26-19(2)17-20-7-3-4-9-22(20)26/h3-9,16,19H,10-15,17H2,1-2H3. The number of carbonyl (C=O) groups is 1. The average molecular weight is 364 g/mol. The fourth-order valence-electron chi connectivity index (χ4n) is 4.38. The highest BCUT2D eigenvalue weighted by Gasteiger charge is 2.27. The molecule has 0 aliphatic carbocycles. The summed E-state index contributed by atoms with van der Waals surface area (Å²) < 4.78 is 0. The number of nitrogens with zero attached hydrogens (tertiary/aromatic N) is 3. The smallest absolute Gasteiger partial charge is 0.224 e. The van der Waals surface area contributed by atoms with Crippen LogP contribution >= 0.6 is 0 Å². The van der Waals surface area contributed by atoms with Crippen molar-refractivity contribution in [1.82, 2.24) is 4.90 Å². The Bertz CT molecular complexity index is 811. The van der Waals surface area contributed by atoms with Gasteiger partial charge in [0.25, 0.3) is 0 Å². The van der Waals surface area contributed by atoms with Crippen molar-refractivity contribution in [3.8, 4) is 0 Å². The van der Waals surface area contributed by atoms with Gasteiger partial charge in [-0.15, -0.1) is 0 Å². The van der Waals surface area contributed by atoms with Crippen LogP contribution in [0.4, 0.5) is 11.4 Å². The molecule has 0 radical (unpaired) electrons. The summed E-state index contributed by atoms with van der Waals surface area (Å²) in [7, 11) is 0. The highest BCUT2D eigenvalue weighted by Crippen LogP contribution is 2.31. The number of hydrogen-bond acceptors (Lipinski definition) is 3. The van der Waals surface area contributed by atoms with E-state index >= 15 is 0 Å². The molecule has 2 aromatic carbocycles. The molecule has 0 N–H and O–H groups in total. The third kappa shape index (κ3) is 3.80. The molecule has 1 atom stereocenters. The second-order valence-electron chi connectivity index (χ2n) is 7.83. The van der Waals surface area contributed by atoms with Crippen LogP contribution in [0.25, 0.3) is 0 Å². The van der Waals surface area contributed by atoms with Crippen LogP contribution in [0.3, 0.4) is 0 Å². The van der Waals surface area contributed by atoms with E-state index in [-0.39, 0.29) is 5.91 Å². The lowest BCUT2D eigenvalue weighted by Crippen LogP contribution is -2.49. The molecule has 0 aromatic heterocycles. The predicted molar refractivity (Wildman–Crippen MR) is 112 cm³/mol. The maximum atomic E-state index is 12.8. The van der Waals surface area contributed by atoms with Crippen LogP contribution in [0, 0.1) is 6.92 Å². The number of para-hydroxylation sites is 1. The molecule has 1 fully saturated rings. The minimum absolute atomic E-state index is 0.287. The summed E-state index contributed by atoms with van der Waals surface area (Å²) in [6, 6.07) is 17.7. The Morgan fingerprint density at radius 1 is 1.04 bits per heavy atom. The van der Waals surface area contributed by atoms with Gasteiger partial charge in [-0.3, -0.25) is 4.79 Å². The molecule has 4 nitrogen and oxygen atoms in total. The molecule has 2 aliphatic rings. The fourth-order valence-corrected chi connectivity index (χ4v) is 4.38. The van der Waals surface area contributed by atoms with Gasteiger partial charge in [0.1, 0.15) is 0 Å². The monoisotopic (exact) mass is 363 g/mol. The first-order chi connectivity index (χ1) is 13.1. The molecular formula is C23H29N3O. The first-order valence-electron chi connectivity index (χ1n) is 10.1. The number of amides is 1. The lowest BCUT2D eigenvalue weighted by molar-refractivity contribution is -0.131. The quantitative estimate of drug-likeness (QED) is 0.832.